The molecule has 0 atom stereocenters. The van der Waals surface area contributed by atoms with Crippen LogP contribution >= 0.6 is 11.6 Å². The lowest BCUT2D eigenvalue weighted by Crippen LogP contribution is -2.41. The summed E-state index contributed by atoms with van der Waals surface area (Å²) in [7, 11) is 1.45. The summed E-state index contributed by atoms with van der Waals surface area (Å²) in [5, 5.41) is 7.28. The molecule has 14 heteroatoms. The number of carbonyl (C=O) groups excluding carboxylic acids is 2. The van der Waals surface area contributed by atoms with E-state index < -0.39 is 35.7 Å². The number of rotatable bonds is 5. The van der Waals surface area contributed by atoms with Gasteiger partial charge in [-0.25, -0.2) is 9.53 Å². The van der Waals surface area contributed by atoms with Crippen molar-refractivity contribution in [3.05, 3.63) is 71.0 Å². The first-order valence-corrected chi connectivity index (χ1v) is 10.4. The maximum atomic E-state index is 14.0. The summed E-state index contributed by atoms with van der Waals surface area (Å²) in [5.74, 6) is -0.688. The molecular formula is C22H15ClF4N4O5. The van der Waals surface area contributed by atoms with Crippen LogP contribution in [0.1, 0.15) is 16.1 Å². The van der Waals surface area contributed by atoms with Crippen LogP contribution in [0.4, 0.5) is 33.7 Å². The molecule has 0 saturated heterocycles. The minimum atomic E-state index is -4.51. The van der Waals surface area contributed by atoms with Crippen molar-refractivity contribution in [3.8, 4) is 17.2 Å². The highest BCUT2D eigenvalue weighted by Gasteiger charge is 2.54. The number of pyridine rings is 1. The predicted molar refractivity (Wildman–Crippen MR) is 119 cm³/mol. The largest absolute Gasteiger partial charge is 0.540 e. The third kappa shape index (κ3) is 5.58. The highest BCUT2D eigenvalue weighted by molar-refractivity contribution is 6.33. The van der Waals surface area contributed by atoms with Gasteiger partial charge in [0.2, 0.25) is 0 Å². The molecule has 2 aromatic carbocycles. The first-order chi connectivity index (χ1) is 17.0. The average molecular weight is 527 g/mol. The summed E-state index contributed by atoms with van der Waals surface area (Å²) in [5.41, 5.74) is -0.933. The van der Waals surface area contributed by atoms with Crippen LogP contribution in [0.2, 0.25) is 5.02 Å². The number of carbonyl (C=O) groups is 2. The summed E-state index contributed by atoms with van der Waals surface area (Å²) >= 11 is 6.13. The Kier molecular flexibility index (Phi) is 6.61. The summed E-state index contributed by atoms with van der Waals surface area (Å²) in [4.78, 5) is 28.1. The molecule has 0 bridgehead atoms. The number of nitrogens with one attached hydrogen (secondary N) is 3. The van der Waals surface area contributed by atoms with Gasteiger partial charge in [0.05, 0.1) is 16.3 Å². The Morgan fingerprint density at radius 1 is 1.00 bits per heavy atom. The van der Waals surface area contributed by atoms with E-state index in [-0.39, 0.29) is 33.6 Å². The number of alkyl halides is 4. The molecule has 0 fully saturated rings. The van der Waals surface area contributed by atoms with Crippen molar-refractivity contribution in [3.63, 3.8) is 0 Å². The molecule has 36 heavy (non-hydrogen) atoms. The second-order valence-corrected chi connectivity index (χ2v) is 7.58. The number of nitrogens with zero attached hydrogens (tertiary/aromatic N) is 1. The zero-order chi connectivity index (χ0) is 26.1. The SMILES string of the molecule is CNC(=O)c1cc(Oc2ccc(Cl)c(NC(=O)Nc3ccc4c(c3)C(F)(F)OC(F)(F)O4)c2)ccn1. The van der Waals surface area contributed by atoms with E-state index in [1.807, 2.05) is 0 Å². The van der Waals surface area contributed by atoms with Crippen molar-refractivity contribution >= 4 is 34.9 Å². The van der Waals surface area contributed by atoms with Crippen LogP contribution in [0.3, 0.4) is 0 Å². The molecule has 1 aliphatic heterocycles. The van der Waals surface area contributed by atoms with Gasteiger partial charge in [0.1, 0.15) is 22.9 Å². The van der Waals surface area contributed by atoms with Gasteiger partial charge in [-0.05, 0) is 36.4 Å². The van der Waals surface area contributed by atoms with Crippen LogP contribution in [0.15, 0.2) is 54.7 Å². The molecule has 0 radical (unpaired) electrons. The number of hydrogen-bond acceptors (Lipinski definition) is 6. The number of amides is 3. The number of anilines is 2. The van der Waals surface area contributed by atoms with Crippen molar-refractivity contribution in [1.82, 2.24) is 10.3 Å². The Balaban J connectivity index is 1.47. The maximum absolute atomic E-state index is 14.0. The maximum Gasteiger partial charge on any atom is 0.540 e. The lowest BCUT2D eigenvalue weighted by Gasteiger charge is -2.30. The lowest BCUT2D eigenvalue weighted by molar-refractivity contribution is -0.461. The molecule has 2 heterocycles. The minimum Gasteiger partial charge on any atom is -0.457 e. The Morgan fingerprint density at radius 3 is 2.50 bits per heavy atom. The number of benzene rings is 2. The zero-order valence-electron chi connectivity index (χ0n) is 18.1. The lowest BCUT2D eigenvalue weighted by atomic mass is 10.1. The number of hydrogen-bond donors (Lipinski definition) is 3. The molecule has 0 spiro atoms. The second kappa shape index (κ2) is 9.51. The molecule has 0 unspecified atom stereocenters. The number of halogens is 5. The molecule has 0 saturated carbocycles. The van der Waals surface area contributed by atoms with E-state index in [0.29, 0.717) is 0 Å². The van der Waals surface area contributed by atoms with Crippen LogP contribution in [0.5, 0.6) is 17.2 Å². The molecule has 3 N–H and O–H groups in total. The van der Waals surface area contributed by atoms with Gasteiger partial charge in [0.25, 0.3) is 5.91 Å². The van der Waals surface area contributed by atoms with E-state index in [1.165, 1.54) is 43.6 Å². The van der Waals surface area contributed by atoms with Gasteiger partial charge >= 0.3 is 18.4 Å². The van der Waals surface area contributed by atoms with Crippen molar-refractivity contribution in [2.45, 2.75) is 12.4 Å². The van der Waals surface area contributed by atoms with Crippen LogP contribution in [0.25, 0.3) is 0 Å². The Hall–Kier alpha value is -4.10. The van der Waals surface area contributed by atoms with Gasteiger partial charge in [0.15, 0.2) is 0 Å². The van der Waals surface area contributed by atoms with Gasteiger partial charge in [-0.2, -0.15) is 8.78 Å². The molecule has 1 aliphatic rings. The van der Waals surface area contributed by atoms with E-state index in [4.69, 9.17) is 16.3 Å². The summed E-state index contributed by atoms with van der Waals surface area (Å²) in [6, 6.07) is 9.02. The van der Waals surface area contributed by atoms with Crippen LogP contribution < -0.4 is 25.4 Å². The van der Waals surface area contributed by atoms with E-state index in [2.05, 4.69) is 30.4 Å². The Morgan fingerprint density at radius 2 is 1.75 bits per heavy atom. The van der Waals surface area contributed by atoms with Gasteiger partial charge in [-0.1, -0.05) is 11.6 Å². The third-order valence-electron chi connectivity index (χ3n) is 4.64. The number of aromatic nitrogens is 1. The molecule has 188 valence electrons. The quantitative estimate of drug-likeness (QED) is 0.377. The van der Waals surface area contributed by atoms with Gasteiger partial charge in [0, 0.05) is 31.1 Å². The van der Waals surface area contributed by atoms with Crippen LogP contribution in [-0.4, -0.2) is 30.3 Å². The highest BCUT2D eigenvalue weighted by atomic mass is 35.5. The van der Waals surface area contributed by atoms with Crippen molar-refractivity contribution in [2.24, 2.45) is 0 Å². The fourth-order valence-corrected chi connectivity index (χ4v) is 3.25. The Bertz CT molecular complexity index is 1340. The molecular weight excluding hydrogens is 512 g/mol. The molecule has 4 rings (SSSR count). The average Bonchev–Trinajstić information content (AvgIpc) is 2.80. The van der Waals surface area contributed by atoms with E-state index in [0.717, 1.165) is 18.2 Å². The molecule has 0 aliphatic carbocycles. The number of fused-ring (bicyclic) bond motifs is 1. The fourth-order valence-electron chi connectivity index (χ4n) is 3.09. The normalized spacial score (nSPS) is 15.2. The molecule has 3 amide bonds. The van der Waals surface area contributed by atoms with E-state index in [9.17, 15) is 27.2 Å². The standard InChI is InChI=1S/C22H15ClF4N4O5/c1-28-19(32)17-10-13(6-7-29-17)34-12-3-4-15(23)16(9-12)31-20(33)30-11-2-5-18-14(8-11)21(24,25)36-22(26,27)35-18/h2-10H,1H3,(H,28,32)(H2,30,31,33). The summed E-state index contributed by atoms with van der Waals surface area (Å²) in [6.45, 7) is 0. The van der Waals surface area contributed by atoms with E-state index in [1.54, 1.807) is 0 Å². The molecule has 3 aromatic rings. The van der Waals surface area contributed by atoms with Crippen molar-refractivity contribution in [2.75, 3.05) is 17.7 Å². The van der Waals surface area contributed by atoms with Crippen LogP contribution in [-0.2, 0) is 10.8 Å². The summed E-state index contributed by atoms with van der Waals surface area (Å²) in [6.07, 6.45) is -7.49. The van der Waals surface area contributed by atoms with Crippen molar-refractivity contribution in [1.29, 1.82) is 0 Å². The van der Waals surface area contributed by atoms with Gasteiger partial charge in [-0.15, -0.1) is 8.78 Å². The first-order valence-electron chi connectivity index (χ1n) is 9.99. The Labute approximate surface area is 205 Å². The molecule has 9 nitrogen and oxygen atoms in total. The van der Waals surface area contributed by atoms with Gasteiger partial charge in [-0.3, -0.25) is 9.78 Å². The third-order valence-corrected chi connectivity index (χ3v) is 4.97. The second-order valence-electron chi connectivity index (χ2n) is 7.17. The zero-order valence-corrected chi connectivity index (χ0v) is 18.8. The smallest absolute Gasteiger partial charge is 0.457 e. The topological polar surface area (TPSA) is 111 Å². The van der Waals surface area contributed by atoms with Crippen molar-refractivity contribution < 1.29 is 41.4 Å². The monoisotopic (exact) mass is 526 g/mol. The first kappa shape index (κ1) is 25.0. The summed E-state index contributed by atoms with van der Waals surface area (Å²) < 4.78 is 67.4. The molecule has 1 aromatic heterocycles. The van der Waals surface area contributed by atoms with Crippen LogP contribution in [0, 0.1) is 0 Å². The predicted octanol–water partition coefficient (Wildman–Crippen LogP) is 5.54. The van der Waals surface area contributed by atoms with E-state index >= 15 is 0 Å². The minimum absolute atomic E-state index is 0.0989. The fraction of sp³-hybridized carbons (Fsp3) is 0.136. The number of ether oxygens (including phenoxy) is 3. The highest BCUT2D eigenvalue weighted by Crippen LogP contribution is 2.46. The van der Waals surface area contributed by atoms with Gasteiger partial charge < -0.3 is 25.4 Å². The number of urea groups is 1.